The van der Waals surface area contributed by atoms with E-state index >= 15 is 0 Å². The molecule has 1 amide bonds. The number of ether oxygens (including phenoxy) is 1. The van der Waals surface area contributed by atoms with Gasteiger partial charge in [-0.2, -0.15) is 5.26 Å². The zero-order valence-corrected chi connectivity index (χ0v) is 9.77. The van der Waals surface area contributed by atoms with E-state index < -0.39 is 6.09 Å². The summed E-state index contributed by atoms with van der Waals surface area (Å²) in [6.45, 7) is 0. The van der Waals surface area contributed by atoms with Crippen molar-refractivity contribution in [3.05, 3.63) is 35.3 Å². The molecule has 1 aromatic heterocycles. The highest BCUT2D eigenvalue weighted by molar-refractivity contribution is 7.13. The Balaban J connectivity index is 2.14. The highest BCUT2D eigenvalue weighted by Gasteiger charge is 2.05. The van der Waals surface area contributed by atoms with Crippen molar-refractivity contribution >= 4 is 23.1 Å². The molecule has 0 aliphatic carbocycles. The molecule has 0 aliphatic rings. The van der Waals surface area contributed by atoms with E-state index in [1.165, 1.54) is 12.3 Å². The van der Waals surface area contributed by atoms with Gasteiger partial charge >= 0.3 is 6.09 Å². The second kappa shape index (κ2) is 5.16. The monoisotopic (exact) mass is 261 g/mol. The average Bonchev–Trinajstić information content (AvgIpc) is 2.76. The zero-order valence-electron chi connectivity index (χ0n) is 8.95. The summed E-state index contributed by atoms with van der Waals surface area (Å²) in [5.74, 6) is 0.445. The molecule has 90 valence electrons. The fourth-order valence-electron chi connectivity index (χ4n) is 1.22. The molecule has 2 N–H and O–H groups in total. The minimum absolute atomic E-state index is 0.332. The van der Waals surface area contributed by atoms with Gasteiger partial charge in [-0.3, -0.25) is 5.32 Å². The minimum atomic E-state index is -1.15. The standard InChI is InChI=1S/C11H7N3O3S/c12-5-9-6-13-11(18-9)17-8-3-1-2-7(4-8)14-10(15)16/h1-4,6,14H,(H,15,16). The molecule has 0 unspecified atom stereocenters. The van der Waals surface area contributed by atoms with Gasteiger partial charge in [0.05, 0.1) is 6.20 Å². The highest BCUT2D eigenvalue weighted by Crippen LogP contribution is 2.27. The number of rotatable bonds is 3. The second-order valence-corrected chi connectivity index (χ2v) is 4.16. The molecule has 1 heterocycles. The van der Waals surface area contributed by atoms with Gasteiger partial charge in [-0.05, 0) is 12.1 Å². The van der Waals surface area contributed by atoms with Crippen molar-refractivity contribution in [2.24, 2.45) is 0 Å². The van der Waals surface area contributed by atoms with Crippen LogP contribution in [-0.2, 0) is 0 Å². The lowest BCUT2D eigenvalue weighted by Gasteiger charge is -2.04. The first-order valence-electron chi connectivity index (χ1n) is 4.81. The summed E-state index contributed by atoms with van der Waals surface area (Å²) >= 11 is 1.12. The summed E-state index contributed by atoms with van der Waals surface area (Å²) in [6, 6.07) is 8.41. The molecule has 0 saturated heterocycles. The molecule has 0 aliphatic heterocycles. The first kappa shape index (κ1) is 11.9. The van der Waals surface area contributed by atoms with Crippen molar-refractivity contribution in [1.29, 1.82) is 5.26 Å². The van der Waals surface area contributed by atoms with Crippen LogP contribution in [0.4, 0.5) is 10.5 Å². The van der Waals surface area contributed by atoms with Crippen molar-refractivity contribution in [1.82, 2.24) is 4.98 Å². The molecule has 0 atom stereocenters. The highest BCUT2D eigenvalue weighted by atomic mass is 32.1. The largest absolute Gasteiger partial charge is 0.465 e. The van der Waals surface area contributed by atoms with Crippen molar-refractivity contribution in [2.75, 3.05) is 5.32 Å². The Labute approximate surface area is 106 Å². The SMILES string of the molecule is N#Cc1cnc(Oc2cccc(NC(=O)O)c2)s1. The molecule has 0 saturated carbocycles. The number of nitriles is 1. The van der Waals surface area contributed by atoms with Crippen molar-refractivity contribution in [2.45, 2.75) is 0 Å². The van der Waals surface area contributed by atoms with E-state index in [9.17, 15) is 4.79 Å². The van der Waals surface area contributed by atoms with E-state index in [4.69, 9.17) is 15.1 Å². The zero-order chi connectivity index (χ0) is 13.0. The number of carboxylic acid groups (broad SMARTS) is 1. The molecular weight excluding hydrogens is 254 g/mol. The maximum absolute atomic E-state index is 10.5. The van der Waals surface area contributed by atoms with Gasteiger partial charge in [-0.15, -0.1) is 0 Å². The minimum Gasteiger partial charge on any atom is -0.465 e. The van der Waals surface area contributed by atoms with Gasteiger partial charge in [0.1, 0.15) is 16.7 Å². The molecule has 6 nitrogen and oxygen atoms in total. The first-order chi connectivity index (χ1) is 8.67. The quantitative estimate of drug-likeness (QED) is 0.885. The van der Waals surface area contributed by atoms with Crippen LogP contribution in [0.2, 0.25) is 0 Å². The third kappa shape index (κ3) is 2.96. The lowest BCUT2D eigenvalue weighted by atomic mass is 10.3. The summed E-state index contributed by atoms with van der Waals surface area (Å²) in [7, 11) is 0. The number of amides is 1. The van der Waals surface area contributed by atoms with Crippen LogP contribution < -0.4 is 10.1 Å². The van der Waals surface area contributed by atoms with Crippen LogP contribution in [0.25, 0.3) is 0 Å². The maximum Gasteiger partial charge on any atom is 0.409 e. The van der Waals surface area contributed by atoms with Gasteiger partial charge in [0.25, 0.3) is 5.19 Å². The van der Waals surface area contributed by atoms with E-state index in [0.717, 1.165) is 11.3 Å². The summed E-state index contributed by atoms with van der Waals surface area (Å²) in [6.07, 6.45) is 0.271. The van der Waals surface area contributed by atoms with Gasteiger partial charge < -0.3 is 9.84 Å². The molecule has 0 spiro atoms. The molecule has 1 aromatic carbocycles. The van der Waals surface area contributed by atoms with Crippen LogP contribution in [0, 0.1) is 11.3 Å². The average molecular weight is 261 g/mol. The Morgan fingerprint density at radius 1 is 1.56 bits per heavy atom. The number of nitrogens with zero attached hydrogens (tertiary/aromatic N) is 2. The van der Waals surface area contributed by atoms with Gasteiger partial charge in [0.2, 0.25) is 0 Å². The predicted octanol–water partition coefficient (Wildman–Crippen LogP) is 2.90. The van der Waals surface area contributed by atoms with Gasteiger partial charge in [-0.25, -0.2) is 9.78 Å². The molecule has 18 heavy (non-hydrogen) atoms. The third-order valence-corrected chi connectivity index (χ3v) is 2.67. The molecule has 2 aromatic rings. The number of nitrogens with one attached hydrogen (secondary N) is 1. The Hall–Kier alpha value is -2.59. The van der Waals surface area contributed by atoms with E-state index in [-0.39, 0.29) is 0 Å². The number of anilines is 1. The fourth-order valence-corrected chi connectivity index (χ4v) is 1.80. The summed E-state index contributed by atoms with van der Waals surface area (Å²) < 4.78 is 5.41. The van der Waals surface area contributed by atoms with Crippen molar-refractivity contribution < 1.29 is 14.6 Å². The third-order valence-electron chi connectivity index (χ3n) is 1.89. The molecule has 0 fully saturated rings. The predicted molar refractivity (Wildman–Crippen MR) is 65.0 cm³/mol. The second-order valence-electron chi connectivity index (χ2n) is 3.16. The van der Waals surface area contributed by atoms with Crippen LogP contribution in [-0.4, -0.2) is 16.2 Å². The maximum atomic E-state index is 10.5. The van der Waals surface area contributed by atoms with Crippen LogP contribution in [0.5, 0.6) is 10.9 Å². The van der Waals surface area contributed by atoms with Crippen LogP contribution in [0.3, 0.4) is 0 Å². The first-order valence-corrected chi connectivity index (χ1v) is 5.63. The number of thiazole rings is 1. The van der Waals surface area contributed by atoms with E-state index in [1.54, 1.807) is 18.2 Å². The molecule has 0 bridgehead atoms. The number of hydrogen-bond acceptors (Lipinski definition) is 5. The number of aromatic nitrogens is 1. The van der Waals surface area contributed by atoms with Gasteiger partial charge in [0.15, 0.2) is 0 Å². The number of benzene rings is 1. The molecule has 0 radical (unpaired) electrons. The van der Waals surface area contributed by atoms with Crippen LogP contribution >= 0.6 is 11.3 Å². The summed E-state index contributed by atoms with van der Waals surface area (Å²) in [4.78, 5) is 14.8. The van der Waals surface area contributed by atoms with Crippen molar-refractivity contribution in [3.63, 3.8) is 0 Å². The normalized spacial score (nSPS) is 9.50. The Morgan fingerprint density at radius 2 is 2.39 bits per heavy atom. The number of carbonyl (C=O) groups is 1. The smallest absolute Gasteiger partial charge is 0.409 e. The molecular formula is C11H7N3O3S. The van der Waals surface area contributed by atoms with Gasteiger partial charge in [0, 0.05) is 11.8 Å². The molecule has 2 rings (SSSR count). The van der Waals surface area contributed by atoms with Crippen molar-refractivity contribution in [3.8, 4) is 17.0 Å². The van der Waals surface area contributed by atoms with Crippen LogP contribution in [0.1, 0.15) is 4.88 Å². The van der Waals surface area contributed by atoms with Crippen LogP contribution in [0.15, 0.2) is 30.5 Å². The lowest BCUT2D eigenvalue weighted by Crippen LogP contribution is -2.06. The summed E-state index contributed by atoms with van der Waals surface area (Å²) in [5.41, 5.74) is 0.400. The Kier molecular flexibility index (Phi) is 3.41. The topological polar surface area (TPSA) is 95.2 Å². The number of hydrogen-bond donors (Lipinski definition) is 2. The molecule has 7 heteroatoms. The fraction of sp³-hybridized carbons (Fsp3) is 0. The van der Waals surface area contributed by atoms with E-state index in [2.05, 4.69) is 10.3 Å². The Bertz CT molecular complexity index is 618. The van der Waals surface area contributed by atoms with Gasteiger partial charge in [-0.1, -0.05) is 17.4 Å². The summed E-state index contributed by atoms with van der Waals surface area (Å²) in [5, 5.41) is 19.8. The lowest BCUT2D eigenvalue weighted by molar-refractivity contribution is 0.210. The van der Waals surface area contributed by atoms with E-state index in [0.29, 0.717) is 21.5 Å². The van der Waals surface area contributed by atoms with E-state index in [1.807, 2.05) is 6.07 Å². The Morgan fingerprint density at radius 3 is 3.06 bits per heavy atom.